The van der Waals surface area contributed by atoms with Crippen molar-refractivity contribution in [1.29, 1.82) is 0 Å². The zero-order valence-electron chi connectivity index (χ0n) is 19.1. The number of carbonyl (C=O) groups excluding carboxylic acids is 2. The Morgan fingerprint density at radius 1 is 1.03 bits per heavy atom. The highest BCUT2D eigenvalue weighted by Gasteiger charge is 2.37. The van der Waals surface area contributed by atoms with E-state index in [1.807, 2.05) is 52.7 Å². The third-order valence-corrected chi connectivity index (χ3v) is 7.44. The fraction of sp³-hybridized carbons (Fsp3) is 0.440. The molecule has 34 heavy (non-hydrogen) atoms. The first kappa shape index (κ1) is 22.7. The van der Waals surface area contributed by atoms with Gasteiger partial charge >= 0.3 is 0 Å². The van der Waals surface area contributed by atoms with Gasteiger partial charge in [-0.25, -0.2) is 0 Å². The zero-order chi connectivity index (χ0) is 23.3. The molecule has 0 spiro atoms. The van der Waals surface area contributed by atoms with E-state index in [2.05, 4.69) is 15.0 Å². The maximum absolute atomic E-state index is 13.2. The molecule has 3 aromatic rings. The van der Waals surface area contributed by atoms with E-state index in [9.17, 15) is 9.59 Å². The van der Waals surface area contributed by atoms with Crippen molar-refractivity contribution < 1.29 is 14.1 Å². The summed E-state index contributed by atoms with van der Waals surface area (Å²) in [7, 11) is 0. The minimum Gasteiger partial charge on any atom is -0.339 e. The average molecular weight is 480 g/mol. The molecule has 1 unspecified atom stereocenters. The molecule has 2 aliphatic heterocycles. The highest BCUT2D eigenvalue weighted by Crippen LogP contribution is 2.23. The number of aromatic nitrogens is 2. The van der Waals surface area contributed by atoms with Crippen molar-refractivity contribution in [3.05, 3.63) is 59.3 Å². The molecule has 2 aromatic heterocycles. The van der Waals surface area contributed by atoms with Crippen LogP contribution in [0.2, 0.25) is 0 Å². The van der Waals surface area contributed by atoms with Crippen LogP contribution < -0.4 is 0 Å². The number of benzene rings is 1. The quantitative estimate of drug-likeness (QED) is 0.518. The highest BCUT2D eigenvalue weighted by molar-refractivity contribution is 7.13. The van der Waals surface area contributed by atoms with Crippen molar-refractivity contribution in [2.75, 3.05) is 39.3 Å². The van der Waals surface area contributed by atoms with Gasteiger partial charge in [-0.05, 0) is 49.4 Å². The Kier molecular flexibility index (Phi) is 7.01. The van der Waals surface area contributed by atoms with Crippen LogP contribution in [0.15, 0.2) is 52.4 Å². The molecule has 0 bridgehead atoms. The number of carbonyl (C=O) groups is 2. The molecule has 2 saturated heterocycles. The first-order chi connectivity index (χ1) is 16.7. The summed E-state index contributed by atoms with van der Waals surface area (Å²) in [6.45, 7) is 4.66. The minimum absolute atomic E-state index is 0.0432. The molecule has 4 heterocycles. The van der Waals surface area contributed by atoms with Gasteiger partial charge < -0.3 is 14.3 Å². The SMILES string of the molecule is O=C(C1CCCN1C(=O)c1ccccc1)N1CCN(CCCc2nc(-c3cccs3)no2)CC1. The van der Waals surface area contributed by atoms with Gasteiger partial charge in [-0.3, -0.25) is 14.5 Å². The Morgan fingerprint density at radius 3 is 2.62 bits per heavy atom. The predicted molar refractivity (Wildman–Crippen MR) is 129 cm³/mol. The first-order valence-electron chi connectivity index (χ1n) is 11.9. The summed E-state index contributed by atoms with van der Waals surface area (Å²) in [4.78, 5) is 37.7. The van der Waals surface area contributed by atoms with E-state index in [0.29, 0.717) is 36.9 Å². The monoisotopic (exact) mass is 479 g/mol. The maximum atomic E-state index is 13.2. The molecule has 1 atom stereocenters. The van der Waals surface area contributed by atoms with Gasteiger partial charge in [0.2, 0.25) is 17.6 Å². The van der Waals surface area contributed by atoms with E-state index in [1.165, 1.54) is 0 Å². The zero-order valence-corrected chi connectivity index (χ0v) is 20.0. The first-order valence-corrected chi connectivity index (χ1v) is 12.8. The molecule has 8 nitrogen and oxygen atoms in total. The fourth-order valence-electron chi connectivity index (χ4n) is 4.73. The van der Waals surface area contributed by atoms with Gasteiger partial charge in [-0.15, -0.1) is 11.3 Å². The normalized spacial score (nSPS) is 19.0. The molecular formula is C25H29N5O3S. The Balaban J connectivity index is 1.08. The lowest BCUT2D eigenvalue weighted by Gasteiger charge is -2.37. The largest absolute Gasteiger partial charge is 0.339 e. The Bertz CT molecular complexity index is 1090. The van der Waals surface area contributed by atoms with Crippen LogP contribution in [0, 0.1) is 0 Å². The molecule has 0 radical (unpaired) electrons. The molecular weight excluding hydrogens is 450 g/mol. The Hall–Kier alpha value is -3.04. The summed E-state index contributed by atoms with van der Waals surface area (Å²) in [5.41, 5.74) is 0.649. The fourth-order valence-corrected chi connectivity index (χ4v) is 5.38. The summed E-state index contributed by atoms with van der Waals surface area (Å²) in [5.74, 6) is 1.37. The van der Waals surface area contributed by atoms with Crippen molar-refractivity contribution in [2.24, 2.45) is 0 Å². The summed E-state index contributed by atoms with van der Waals surface area (Å²) in [6, 6.07) is 12.9. The number of piperazine rings is 1. The molecule has 5 rings (SSSR count). The van der Waals surface area contributed by atoms with Crippen molar-refractivity contribution in [2.45, 2.75) is 31.7 Å². The second kappa shape index (κ2) is 10.5. The van der Waals surface area contributed by atoms with Crippen LogP contribution in [0.1, 0.15) is 35.5 Å². The number of amides is 2. The maximum Gasteiger partial charge on any atom is 0.254 e. The molecule has 0 aliphatic carbocycles. The molecule has 2 aliphatic rings. The van der Waals surface area contributed by atoms with E-state index >= 15 is 0 Å². The molecule has 2 fully saturated rings. The number of hydrogen-bond donors (Lipinski definition) is 0. The van der Waals surface area contributed by atoms with Crippen molar-refractivity contribution in [3.8, 4) is 10.7 Å². The Labute approximate surface area is 203 Å². The third-order valence-electron chi connectivity index (χ3n) is 6.58. The summed E-state index contributed by atoms with van der Waals surface area (Å²) in [6.07, 6.45) is 3.30. The molecule has 9 heteroatoms. The lowest BCUT2D eigenvalue weighted by atomic mass is 10.1. The number of likely N-dealkylation sites (tertiary alicyclic amines) is 1. The van der Waals surface area contributed by atoms with E-state index in [0.717, 1.165) is 50.2 Å². The van der Waals surface area contributed by atoms with E-state index in [-0.39, 0.29) is 17.9 Å². The van der Waals surface area contributed by atoms with Gasteiger partial charge in [-0.1, -0.05) is 29.4 Å². The van der Waals surface area contributed by atoms with E-state index in [4.69, 9.17) is 4.52 Å². The van der Waals surface area contributed by atoms with Crippen LogP contribution >= 0.6 is 11.3 Å². The minimum atomic E-state index is -0.339. The standard InChI is InChI=1S/C25H29N5O3S/c31-24(19-7-2-1-3-8-19)30-13-4-9-20(30)25(32)29-16-14-28(15-17-29)12-5-11-22-26-23(27-33-22)21-10-6-18-34-21/h1-3,6-8,10,18,20H,4-5,9,11-17H2. The van der Waals surface area contributed by atoms with Crippen LogP contribution in [0.3, 0.4) is 0 Å². The van der Waals surface area contributed by atoms with Gasteiger partial charge in [0.15, 0.2) is 0 Å². The van der Waals surface area contributed by atoms with Crippen LogP contribution in [-0.2, 0) is 11.2 Å². The number of aryl methyl sites for hydroxylation is 1. The van der Waals surface area contributed by atoms with Crippen LogP contribution in [0.4, 0.5) is 0 Å². The summed E-state index contributed by atoms with van der Waals surface area (Å²) < 4.78 is 5.39. The number of nitrogens with zero attached hydrogens (tertiary/aromatic N) is 5. The number of rotatable bonds is 7. The lowest BCUT2D eigenvalue weighted by molar-refractivity contribution is -0.137. The number of thiophene rings is 1. The van der Waals surface area contributed by atoms with Gasteiger partial charge in [0, 0.05) is 44.7 Å². The van der Waals surface area contributed by atoms with Crippen LogP contribution in [-0.4, -0.2) is 82.0 Å². The summed E-state index contributed by atoms with van der Waals surface area (Å²) in [5, 5.41) is 6.07. The number of hydrogen-bond acceptors (Lipinski definition) is 7. The molecule has 0 saturated carbocycles. The van der Waals surface area contributed by atoms with Crippen molar-refractivity contribution >= 4 is 23.2 Å². The summed E-state index contributed by atoms with van der Waals surface area (Å²) >= 11 is 1.60. The highest BCUT2D eigenvalue weighted by atomic mass is 32.1. The van der Waals surface area contributed by atoms with Gasteiger partial charge in [0.25, 0.3) is 5.91 Å². The van der Waals surface area contributed by atoms with Gasteiger partial charge in [-0.2, -0.15) is 4.98 Å². The second-order valence-corrected chi connectivity index (χ2v) is 9.73. The second-order valence-electron chi connectivity index (χ2n) is 8.78. The molecule has 2 amide bonds. The van der Waals surface area contributed by atoms with Crippen LogP contribution in [0.5, 0.6) is 0 Å². The van der Waals surface area contributed by atoms with Crippen molar-refractivity contribution in [3.63, 3.8) is 0 Å². The topological polar surface area (TPSA) is 82.8 Å². The third kappa shape index (κ3) is 5.05. The molecule has 1 aromatic carbocycles. The predicted octanol–water partition coefficient (Wildman–Crippen LogP) is 3.18. The Morgan fingerprint density at radius 2 is 1.85 bits per heavy atom. The smallest absolute Gasteiger partial charge is 0.254 e. The van der Waals surface area contributed by atoms with Crippen LogP contribution in [0.25, 0.3) is 10.7 Å². The average Bonchev–Trinajstić information content (AvgIpc) is 3.66. The molecule has 0 N–H and O–H groups in total. The lowest BCUT2D eigenvalue weighted by Crippen LogP contribution is -2.54. The van der Waals surface area contributed by atoms with E-state index in [1.54, 1.807) is 16.2 Å². The van der Waals surface area contributed by atoms with Crippen molar-refractivity contribution in [1.82, 2.24) is 24.8 Å². The molecule has 178 valence electrons. The van der Waals surface area contributed by atoms with Gasteiger partial charge in [0.05, 0.1) is 4.88 Å². The van der Waals surface area contributed by atoms with Gasteiger partial charge in [0.1, 0.15) is 6.04 Å². The van der Waals surface area contributed by atoms with E-state index < -0.39 is 0 Å².